The van der Waals surface area contributed by atoms with Crippen LogP contribution in [0.5, 0.6) is 0 Å². The Morgan fingerprint density at radius 2 is 2.05 bits per heavy atom. The Bertz CT molecular complexity index is 485. The number of hydrogen-bond donors (Lipinski definition) is 1. The first-order chi connectivity index (χ1) is 9.76. The summed E-state index contributed by atoms with van der Waals surface area (Å²) < 4.78 is 0. The molecule has 0 bridgehead atoms. The highest BCUT2D eigenvalue weighted by molar-refractivity contribution is 7.80. The maximum atomic E-state index is 12.1. The van der Waals surface area contributed by atoms with Crippen molar-refractivity contribution in [3.63, 3.8) is 0 Å². The first-order valence-electron chi connectivity index (χ1n) is 7.49. The van der Waals surface area contributed by atoms with E-state index in [0.29, 0.717) is 12.3 Å². The van der Waals surface area contributed by atoms with Crippen LogP contribution in [0.15, 0.2) is 24.3 Å². The maximum Gasteiger partial charge on any atom is 0.227 e. The van der Waals surface area contributed by atoms with Crippen molar-refractivity contribution >= 4 is 24.2 Å². The van der Waals surface area contributed by atoms with Crippen LogP contribution in [0, 0.1) is 5.92 Å². The van der Waals surface area contributed by atoms with Crippen LogP contribution < -0.4 is 4.90 Å². The van der Waals surface area contributed by atoms with Gasteiger partial charge in [0.1, 0.15) is 0 Å². The molecule has 1 atom stereocenters. The lowest BCUT2D eigenvalue weighted by molar-refractivity contribution is -0.117. The van der Waals surface area contributed by atoms with E-state index in [1.54, 1.807) is 0 Å². The predicted molar refractivity (Wildman–Crippen MR) is 85.3 cm³/mol. The molecular weight excluding hydrogens is 268 g/mol. The number of amides is 1. The van der Waals surface area contributed by atoms with Gasteiger partial charge in [0.2, 0.25) is 5.91 Å². The number of nitrogens with zero attached hydrogens (tertiary/aromatic N) is 2. The van der Waals surface area contributed by atoms with Crippen LogP contribution in [0.3, 0.4) is 0 Å². The third-order valence-corrected chi connectivity index (χ3v) is 4.81. The van der Waals surface area contributed by atoms with E-state index in [1.165, 1.54) is 31.5 Å². The molecule has 1 amide bonds. The van der Waals surface area contributed by atoms with Crippen LogP contribution in [0.1, 0.15) is 24.8 Å². The molecule has 0 saturated carbocycles. The minimum absolute atomic E-state index is 0.238. The van der Waals surface area contributed by atoms with Crippen LogP contribution in [0.2, 0.25) is 0 Å². The number of hydrogen-bond acceptors (Lipinski definition) is 3. The fourth-order valence-electron chi connectivity index (χ4n) is 3.18. The topological polar surface area (TPSA) is 23.6 Å². The molecule has 2 saturated heterocycles. The predicted octanol–water partition coefficient (Wildman–Crippen LogP) is 2.57. The van der Waals surface area contributed by atoms with Gasteiger partial charge in [-0.2, -0.15) is 12.6 Å². The minimum atomic E-state index is 0.238. The largest absolute Gasteiger partial charge is 0.312 e. The number of benzene rings is 1. The Kier molecular flexibility index (Phi) is 4.32. The quantitative estimate of drug-likeness (QED) is 0.862. The second-order valence-electron chi connectivity index (χ2n) is 5.91. The number of rotatable bonds is 4. The van der Waals surface area contributed by atoms with Gasteiger partial charge in [-0.1, -0.05) is 12.1 Å². The molecular formula is C16H22N2OS. The lowest BCUT2D eigenvalue weighted by atomic mass is 10.1. The molecule has 0 aromatic heterocycles. The van der Waals surface area contributed by atoms with E-state index in [9.17, 15) is 4.79 Å². The Balaban J connectivity index is 1.72. The molecule has 20 heavy (non-hydrogen) atoms. The zero-order chi connectivity index (χ0) is 13.9. The van der Waals surface area contributed by atoms with E-state index < -0.39 is 0 Å². The smallest absolute Gasteiger partial charge is 0.227 e. The van der Waals surface area contributed by atoms with Crippen molar-refractivity contribution in [3.05, 3.63) is 29.8 Å². The van der Waals surface area contributed by atoms with Gasteiger partial charge in [-0.25, -0.2) is 0 Å². The first kappa shape index (κ1) is 14.0. The van der Waals surface area contributed by atoms with E-state index in [2.05, 4.69) is 35.7 Å². The average molecular weight is 290 g/mol. The summed E-state index contributed by atoms with van der Waals surface area (Å²) >= 11 is 4.32. The second-order valence-corrected chi connectivity index (χ2v) is 6.28. The van der Waals surface area contributed by atoms with Gasteiger partial charge in [-0.05, 0) is 55.3 Å². The highest BCUT2D eigenvalue weighted by Gasteiger charge is 2.29. The molecule has 3 nitrogen and oxygen atoms in total. The number of anilines is 1. The van der Waals surface area contributed by atoms with Crippen molar-refractivity contribution in [1.29, 1.82) is 0 Å². The normalized spacial score (nSPS) is 23.8. The summed E-state index contributed by atoms with van der Waals surface area (Å²) in [6.07, 6.45) is 3.27. The molecule has 0 aliphatic carbocycles. The molecule has 1 unspecified atom stereocenters. The number of likely N-dealkylation sites (tertiary alicyclic amines) is 1. The molecule has 108 valence electrons. The van der Waals surface area contributed by atoms with Gasteiger partial charge in [0.25, 0.3) is 0 Å². The monoisotopic (exact) mass is 290 g/mol. The molecule has 0 spiro atoms. The Labute approximate surface area is 126 Å². The van der Waals surface area contributed by atoms with Gasteiger partial charge < -0.3 is 4.90 Å². The lowest BCUT2D eigenvalue weighted by Crippen LogP contribution is -2.25. The average Bonchev–Trinajstić information content (AvgIpc) is 3.08. The van der Waals surface area contributed by atoms with Gasteiger partial charge in [-0.15, -0.1) is 0 Å². The molecule has 1 aromatic rings. The minimum Gasteiger partial charge on any atom is -0.312 e. The number of carbonyl (C=O) groups is 1. The van der Waals surface area contributed by atoms with Crippen molar-refractivity contribution < 1.29 is 4.79 Å². The summed E-state index contributed by atoms with van der Waals surface area (Å²) in [5, 5.41) is 0. The molecule has 1 aromatic carbocycles. The zero-order valence-electron chi connectivity index (χ0n) is 11.8. The maximum absolute atomic E-state index is 12.1. The van der Waals surface area contributed by atoms with Gasteiger partial charge in [0.15, 0.2) is 0 Å². The van der Waals surface area contributed by atoms with Crippen molar-refractivity contribution in [3.8, 4) is 0 Å². The molecule has 2 fully saturated rings. The number of carbonyl (C=O) groups excluding carboxylic acids is 1. The van der Waals surface area contributed by atoms with E-state index in [0.717, 1.165) is 24.5 Å². The molecule has 2 heterocycles. The summed E-state index contributed by atoms with van der Waals surface area (Å²) in [4.78, 5) is 16.5. The Hall–Kier alpha value is -1.00. The van der Waals surface area contributed by atoms with Gasteiger partial charge in [0, 0.05) is 25.2 Å². The van der Waals surface area contributed by atoms with Crippen molar-refractivity contribution in [2.24, 2.45) is 5.92 Å². The summed E-state index contributed by atoms with van der Waals surface area (Å²) in [6.45, 7) is 4.23. The van der Waals surface area contributed by atoms with E-state index in [4.69, 9.17) is 0 Å². The third kappa shape index (κ3) is 3.01. The lowest BCUT2D eigenvalue weighted by Gasteiger charge is -2.19. The van der Waals surface area contributed by atoms with E-state index in [-0.39, 0.29) is 5.91 Å². The fraction of sp³-hybridized carbons (Fsp3) is 0.562. The van der Waals surface area contributed by atoms with E-state index >= 15 is 0 Å². The summed E-state index contributed by atoms with van der Waals surface area (Å²) in [7, 11) is 0. The third-order valence-electron chi connectivity index (χ3n) is 4.29. The summed E-state index contributed by atoms with van der Waals surface area (Å²) in [5.41, 5.74) is 2.36. The molecule has 0 radical (unpaired) electrons. The molecule has 4 heteroatoms. The Morgan fingerprint density at radius 1 is 1.25 bits per heavy atom. The van der Waals surface area contributed by atoms with Crippen molar-refractivity contribution in [1.82, 2.24) is 4.90 Å². The van der Waals surface area contributed by atoms with Gasteiger partial charge in [0.05, 0.1) is 0 Å². The van der Waals surface area contributed by atoms with Gasteiger partial charge in [-0.3, -0.25) is 9.69 Å². The highest BCUT2D eigenvalue weighted by Crippen LogP contribution is 2.27. The first-order valence-corrected chi connectivity index (χ1v) is 8.12. The van der Waals surface area contributed by atoms with Crippen LogP contribution in [0.4, 0.5) is 5.69 Å². The molecule has 2 aliphatic heterocycles. The van der Waals surface area contributed by atoms with E-state index in [1.807, 2.05) is 11.0 Å². The van der Waals surface area contributed by atoms with Crippen LogP contribution in [-0.2, 0) is 11.3 Å². The standard InChI is InChI=1S/C16H22N2OS/c19-16-9-14(12-20)11-18(16)15-5-3-4-13(8-15)10-17-6-1-2-7-17/h3-5,8,14,20H,1-2,6-7,9-12H2. The summed E-state index contributed by atoms with van der Waals surface area (Å²) in [5.74, 6) is 1.42. The summed E-state index contributed by atoms with van der Waals surface area (Å²) in [6, 6.07) is 8.46. The van der Waals surface area contributed by atoms with Crippen LogP contribution in [0.25, 0.3) is 0 Å². The Morgan fingerprint density at radius 3 is 2.75 bits per heavy atom. The second kappa shape index (κ2) is 6.19. The fourth-order valence-corrected chi connectivity index (χ4v) is 3.42. The number of thiol groups is 1. The van der Waals surface area contributed by atoms with Crippen molar-refractivity contribution in [2.75, 3.05) is 30.3 Å². The van der Waals surface area contributed by atoms with Crippen molar-refractivity contribution in [2.45, 2.75) is 25.8 Å². The highest BCUT2D eigenvalue weighted by atomic mass is 32.1. The van der Waals surface area contributed by atoms with Crippen LogP contribution >= 0.6 is 12.6 Å². The van der Waals surface area contributed by atoms with Gasteiger partial charge >= 0.3 is 0 Å². The SMILES string of the molecule is O=C1CC(CS)CN1c1cccc(CN2CCCC2)c1. The molecule has 3 rings (SSSR count). The molecule has 0 N–H and O–H groups in total. The molecule has 2 aliphatic rings. The van der Waals surface area contributed by atoms with Crippen LogP contribution in [-0.4, -0.2) is 36.2 Å². The zero-order valence-corrected chi connectivity index (χ0v) is 12.7.